The molecule has 1 atom stereocenters. The molecule has 10 heteroatoms. The lowest BCUT2D eigenvalue weighted by Crippen LogP contribution is -2.52. The first-order chi connectivity index (χ1) is 15.0. The molecule has 0 heterocycles. The highest BCUT2D eigenvalue weighted by Gasteiger charge is 2.39. The highest BCUT2D eigenvalue weighted by molar-refractivity contribution is 7.99. The van der Waals surface area contributed by atoms with Gasteiger partial charge in [0.1, 0.15) is 5.60 Å². The lowest BCUT2D eigenvalue weighted by molar-refractivity contribution is -0.384. The van der Waals surface area contributed by atoms with Gasteiger partial charge in [-0.3, -0.25) is 14.9 Å². The molecule has 0 saturated carbocycles. The number of hydrogen-bond donors (Lipinski definition) is 0. The summed E-state index contributed by atoms with van der Waals surface area (Å²) in [6.07, 6.45) is -1.02. The van der Waals surface area contributed by atoms with Crippen molar-refractivity contribution in [2.24, 2.45) is 0 Å². The van der Waals surface area contributed by atoms with Crippen LogP contribution in [0, 0.1) is 10.1 Å². The minimum atomic E-state index is -1.29. The largest absolute Gasteiger partial charge is 0.467 e. The normalized spacial score (nSPS) is 11.9. The zero-order chi connectivity index (χ0) is 23.9. The van der Waals surface area contributed by atoms with E-state index in [1.54, 1.807) is 20.8 Å². The van der Waals surface area contributed by atoms with Gasteiger partial charge in [-0.15, -0.1) is 11.8 Å². The van der Waals surface area contributed by atoms with Gasteiger partial charge in [-0.25, -0.2) is 14.5 Å². The SMILES string of the molecule is COC(=O)[C@H](CSc1ccccc1)N(C(=O)OC(C)(C)C)C(=O)c1ccc([N+](=O)[O-])cc1. The van der Waals surface area contributed by atoms with Crippen molar-refractivity contribution in [3.8, 4) is 0 Å². The zero-order valence-electron chi connectivity index (χ0n) is 18.1. The number of nitro groups is 1. The van der Waals surface area contributed by atoms with Crippen LogP contribution in [0.2, 0.25) is 0 Å². The Morgan fingerprint density at radius 1 is 1.06 bits per heavy atom. The van der Waals surface area contributed by atoms with Gasteiger partial charge in [0.25, 0.3) is 11.6 Å². The smallest absolute Gasteiger partial charge is 0.418 e. The van der Waals surface area contributed by atoms with Crippen LogP contribution in [0.1, 0.15) is 31.1 Å². The van der Waals surface area contributed by atoms with Gasteiger partial charge in [0.05, 0.1) is 12.0 Å². The predicted octanol–water partition coefficient (Wildman–Crippen LogP) is 4.31. The number of carbonyl (C=O) groups is 3. The molecule has 0 fully saturated rings. The molecule has 2 aromatic carbocycles. The van der Waals surface area contributed by atoms with Gasteiger partial charge in [0, 0.05) is 28.3 Å². The van der Waals surface area contributed by atoms with Crippen LogP contribution in [0.4, 0.5) is 10.5 Å². The third kappa shape index (κ3) is 6.81. The Hall–Kier alpha value is -3.40. The number of non-ortho nitro benzene ring substituents is 1. The monoisotopic (exact) mass is 460 g/mol. The molecular formula is C22H24N2O7S. The summed E-state index contributed by atoms with van der Waals surface area (Å²) in [5, 5.41) is 10.9. The number of methoxy groups -OCH3 is 1. The number of nitro benzene ring substituents is 1. The van der Waals surface area contributed by atoms with E-state index in [4.69, 9.17) is 9.47 Å². The van der Waals surface area contributed by atoms with Crippen molar-refractivity contribution in [3.05, 3.63) is 70.3 Å². The van der Waals surface area contributed by atoms with Crippen LogP contribution in [0.25, 0.3) is 0 Å². The summed E-state index contributed by atoms with van der Waals surface area (Å²) >= 11 is 1.26. The van der Waals surface area contributed by atoms with E-state index in [0.29, 0.717) is 4.90 Å². The topological polar surface area (TPSA) is 116 Å². The Balaban J connectivity index is 2.42. The number of hydrogen-bond acceptors (Lipinski definition) is 8. The minimum absolute atomic E-state index is 0.0138. The maximum atomic E-state index is 13.3. The molecule has 0 radical (unpaired) electrons. The van der Waals surface area contributed by atoms with E-state index < -0.39 is 34.5 Å². The number of amides is 2. The van der Waals surface area contributed by atoms with Gasteiger partial charge in [-0.1, -0.05) is 18.2 Å². The van der Waals surface area contributed by atoms with Crippen molar-refractivity contribution in [1.82, 2.24) is 4.90 Å². The number of imide groups is 1. The Labute approximate surface area is 189 Å². The fourth-order valence-corrected chi connectivity index (χ4v) is 3.59. The van der Waals surface area contributed by atoms with Gasteiger partial charge in [0.15, 0.2) is 6.04 Å². The number of ether oxygens (including phenoxy) is 2. The fraction of sp³-hybridized carbons (Fsp3) is 0.318. The van der Waals surface area contributed by atoms with Crippen molar-refractivity contribution in [3.63, 3.8) is 0 Å². The number of rotatable bonds is 7. The van der Waals surface area contributed by atoms with E-state index >= 15 is 0 Å². The molecule has 0 aliphatic carbocycles. The second-order valence-corrected chi connectivity index (χ2v) is 8.72. The maximum absolute atomic E-state index is 13.3. The molecule has 32 heavy (non-hydrogen) atoms. The third-order valence-electron chi connectivity index (χ3n) is 4.07. The fourth-order valence-electron chi connectivity index (χ4n) is 2.60. The number of esters is 1. The minimum Gasteiger partial charge on any atom is -0.467 e. The van der Waals surface area contributed by atoms with Gasteiger partial charge in [-0.05, 0) is 45.0 Å². The molecule has 170 valence electrons. The summed E-state index contributed by atoms with van der Waals surface area (Å²) in [6.45, 7) is 4.89. The summed E-state index contributed by atoms with van der Waals surface area (Å²) in [5.41, 5.74) is -1.16. The summed E-state index contributed by atoms with van der Waals surface area (Å²) in [4.78, 5) is 50.7. The molecule has 0 spiro atoms. The molecule has 0 saturated heterocycles. The van der Waals surface area contributed by atoms with E-state index in [9.17, 15) is 24.5 Å². The summed E-state index contributed by atoms with van der Waals surface area (Å²) in [6, 6.07) is 12.6. The van der Waals surface area contributed by atoms with E-state index in [2.05, 4.69) is 0 Å². The predicted molar refractivity (Wildman–Crippen MR) is 118 cm³/mol. The van der Waals surface area contributed by atoms with E-state index in [-0.39, 0.29) is 17.0 Å². The average molecular weight is 461 g/mol. The van der Waals surface area contributed by atoms with Crippen LogP contribution in [0.15, 0.2) is 59.5 Å². The number of nitrogens with zero attached hydrogens (tertiary/aromatic N) is 2. The molecule has 2 amide bonds. The van der Waals surface area contributed by atoms with Crippen LogP contribution in [-0.4, -0.2) is 52.3 Å². The molecule has 2 rings (SSSR count). The first kappa shape index (κ1) is 24.9. The Kier molecular flexibility index (Phi) is 8.36. The van der Waals surface area contributed by atoms with E-state index in [1.165, 1.54) is 23.9 Å². The lowest BCUT2D eigenvalue weighted by Gasteiger charge is -2.30. The molecular weight excluding hydrogens is 436 g/mol. The summed E-state index contributed by atoms with van der Waals surface area (Å²) in [5.74, 6) is -1.61. The lowest BCUT2D eigenvalue weighted by atomic mass is 10.1. The van der Waals surface area contributed by atoms with Crippen molar-refractivity contribution >= 4 is 35.4 Å². The molecule has 0 N–H and O–H groups in total. The number of carbonyl (C=O) groups excluding carboxylic acids is 3. The van der Waals surface area contributed by atoms with E-state index in [1.807, 2.05) is 30.3 Å². The molecule has 0 bridgehead atoms. The van der Waals surface area contributed by atoms with Crippen molar-refractivity contribution < 1.29 is 28.8 Å². The second kappa shape index (κ2) is 10.8. The molecule has 0 aromatic heterocycles. The number of thioether (sulfide) groups is 1. The van der Waals surface area contributed by atoms with Crippen LogP contribution >= 0.6 is 11.8 Å². The van der Waals surface area contributed by atoms with Gasteiger partial charge in [-0.2, -0.15) is 0 Å². The van der Waals surface area contributed by atoms with Crippen LogP contribution in [0.5, 0.6) is 0 Å². The van der Waals surface area contributed by atoms with Crippen molar-refractivity contribution in [1.29, 1.82) is 0 Å². The first-order valence-electron chi connectivity index (χ1n) is 9.60. The standard InChI is InChI=1S/C22H24N2O7S/c1-22(2,3)31-21(27)23(19(25)15-10-12-16(13-11-15)24(28)29)18(20(26)30-4)14-32-17-8-6-5-7-9-17/h5-13,18H,14H2,1-4H3/t18-/m0/s1. The summed E-state index contributed by atoms with van der Waals surface area (Å²) in [7, 11) is 1.16. The molecule has 0 unspecified atom stereocenters. The maximum Gasteiger partial charge on any atom is 0.418 e. The van der Waals surface area contributed by atoms with Gasteiger partial charge < -0.3 is 9.47 Å². The summed E-state index contributed by atoms with van der Waals surface area (Å²) < 4.78 is 10.2. The van der Waals surface area contributed by atoms with Crippen LogP contribution in [-0.2, 0) is 14.3 Å². The Morgan fingerprint density at radius 3 is 2.16 bits per heavy atom. The average Bonchev–Trinajstić information content (AvgIpc) is 2.75. The van der Waals surface area contributed by atoms with Gasteiger partial charge >= 0.3 is 12.1 Å². The Morgan fingerprint density at radius 2 is 1.66 bits per heavy atom. The van der Waals surface area contributed by atoms with E-state index in [0.717, 1.165) is 24.1 Å². The highest BCUT2D eigenvalue weighted by Crippen LogP contribution is 2.24. The quantitative estimate of drug-likeness (QED) is 0.260. The Bertz CT molecular complexity index is 972. The molecule has 0 aliphatic rings. The zero-order valence-corrected chi connectivity index (χ0v) is 19.0. The van der Waals surface area contributed by atoms with Gasteiger partial charge in [0.2, 0.25) is 0 Å². The van der Waals surface area contributed by atoms with Crippen LogP contribution < -0.4 is 0 Å². The molecule has 9 nitrogen and oxygen atoms in total. The second-order valence-electron chi connectivity index (χ2n) is 7.62. The third-order valence-corrected chi connectivity index (χ3v) is 5.16. The highest BCUT2D eigenvalue weighted by atomic mass is 32.2. The van der Waals surface area contributed by atoms with Crippen LogP contribution in [0.3, 0.4) is 0 Å². The molecule has 0 aliphatic heterocycles. The molecule has 2 aromatic rings. The first-order valence-corrected chi connectivity index (χ1v) is 10.6. The number of benzene rings is 2. The van der Waals surface area contributed by atoms with Crippen molar-refractivity contribution in [2.45, 2.75) is 37.3 Å². The van der Waals surface area contributed by atoms with Crippen molar-refractivity contribution in [2.75, 3.05) is 12.9 Å².